The Morgan fingerprint density at radius 2 is 1.76 bits per heavy atom. The highest BCUT2D eigenvalue weighted by molar-refractivity contribution is 6.30. The molecule has 0 amide bonds. The number of hydrogen-bond donors (Lipinski definition) is 0. The largest absolute Gasteiger partial charge is 0.573 e. The zero-order valence-electron chi connectivity index (χ0n) is 15.1. The van der Waals surface area contributed by atoms with Crippen LogP contribution >= 0.6 is 11.6 Å². The van der Waals surface area contributed by atoms with E-state index in [-0.39, 0.29) is 12.1 Å². The first kappa shape index (κ1) is 21.0. The first-order valence-corrected chi connectivity index (χ1v) is 8.87. The molecule has 3 aromatic rings. The molecule has 0 aliphatic heterocycles. The second-order valence-corrected chi connectivity index (χ2v) is 6.47. The zero-order valence-corrected chi connectivity index (χ0v) is 15.8. The van der Waals surface area contributed by atoms with Crippen LogP contribution in [0.15, 0.2) is 48.7 Å². The molecule has 3 nitrogen and oxygen atoms in total. The molecule has 154 valence electrons. The molecule has 0 spiro atoms. The molecule has 2 aromatic carbocycles. The third kappa shape index (κ3) is 5.00. The molecule has 29 heavy (non-hydrogen) atoms. The summed E-state index contributed by atoms with van der Waals surface area (Å²) >= 11 is 6.09. The summed E-state index contributed by atoms with van der Waals surface area (Å²) in [6.45, 7) is 2.11. The van der Waals surface area contributed by atoms with Crippen molar-refractivity contribution in [2.75, 3.05) is 6.61 Å². The lowest BCUT2D eigenvalue weighted by Gasteiger charge is -2.15. The van der Waals surface area contributed by atoms with E-state index in [1.54, 1.807) is 17.6 Å². The van der Waals surface area contributed by atoms with E-state index < -0.39 is 23.7 Å². The summed E-state index contributed by atoms with van der Waals surface area (Å²) in [7, 11) is 0. The van der Waals surface area contributed by atoms with Gasteiger partial charge >= 0.3 is 6.36 Å². The van der Waals surface area contributed by atoms with Crippen molar-refractivity contribution < 1.29 is 31.4 Å². The smallest absolute Gasteiger partial charge is 0.493 e. The van der Waals surface area contributed by atoms with Gasteiger partial charge in [0.15, 0.2) is 11.6 Å². The predicted octanol–water partition coefficient (Wildman–Crippen LogP) is 6.43. The lowest BCUT2D eigenvalue weighted by molar-refractivity contribution is -0.275. The van der Waals surface area contributed by atoms with Gasteiger partial charge in [-0.2, -0.15) is 0 Å². The average molecular weight is 432 g/mol. The van der Waals surface area contributed by atoms with Crippen LogP contribution < -0.4 is 9.47 Å². The minimum atomic E-state index is -5.00. The fourth-order valence-electron chi connectivity index (χ4n) is 2.89. The maximum absolute atomic E-state index is 14.5. The van der Waals surface area contributed by atoms with Crippen LogP contribution in [0.1, 0.15) is 12.5 Å². The Balaban J connectivity index is 1.96. The Labute approximate surface area is 168 Å². The predicted molar refractivity (Wildman–Crippen MR) is 98.2 cm³/mol. The summed E-state index contributed by atoms with van der Waals surface area (Å²) in [5.74, 6) is -2.32. The van der Waals surface area contributed by atoms with Crippen molar-refractivity contribution in [3.63, 3.8) is 0 Å². The van der Waals surface area contributed by atoms with Crippen molar-refractivity contribution in [3.8, 4) is 22.8 Å². The number of ether oxygens (including phenoxy) is 2. The standard InChI is InChI=1S/C20H15ClF5NO2/c1-2-28-18-5-3-4-14(22)19(18)16-9-13(21)11-27(16)10-12-6-7-17(15(23)8-12)29-20(24,25)26/h3-9,11H,2,10H2,1H3. The van der Waals surface area contributed by atoms with Gasteiger partial charge in [0.2, 0.25) is 0 Å². The van der Waals surface area contributed by atoms with Crippen LogP contribution in [-0.2, 0) is 6.54 Å². The SMILES string of the molecule is CCOc1cccc(F)c1-c1cc(Cl)cn1Cc1ccc(OC(F)(F)F)c(F)c1. The normalized spacial score (nSPS) is 11.6. The summed E-state index contributed by atoms with van der Waals surface area (Å²) in [5, 5.41) is 0.309. The van der Waals surface area contributed by atoms with Gasteiger partial charge in [-0.15, -0.1) is 13.2 Å². The van der Waals surface area contributed by atoms with Gasteiger partial charge in [0.1, 0.15) is 11.6 Å². The summed E-state index contributed by atoms with van der Waals surface area (Å²) < 4.78 is 76.1. The van der Waals surface area contributed by atoms with Crippen molar-refractivity contribution >= 4 is 11.6 Å². The number of aromatic nitrogens is 1. The molecule has 0 N–H and O–H groups in total. The van der Waals surface area contributed by atoms with E-state index >= 15 is 0 Å². The molecule has 9 heteroatoms. The molecule has 0 fully saturated rings. The topological polar surface area (TPSA) is 23.4 Å². The zero-order chi connectivity index (χ0) is 21.2. The lowest BCUT2D eigenvalue weighted by atomic mass is 10.1. The van der Waals surface area contributed by atoms with E-state index in [2.05, 4.69) is 4.74 Å². The van der Waals surface area contributed by atoms with Gasteiger partial charge in [-0.1, -0.05) is 23.7 Å². The van der Waals surface area contributed by atoms with Gasteiger partial charge in [0.05, 0.1) is 22.9 Å². The highest BCUT2D eigenvalue weighted by Gasteiger charge is 2.32. The third-order valence-electron chi connectivity index (χ3n) is 3.97. The molecule has 1 heterocycles. The fraction of sp³-hybridized carbons (Fsp3) is 0.200. The highest BCUT2D eigenvalue weighted by atomic mass is 35.5. The maximum Gasteiger partial charge on any atom is 0.573 e. The molecule has 0 aliphatic carbocycles. The highest BCUT2D eigenvalue weighted by Crippen LogP contribution is 2.36. The number of alkyl halides is 3. The Kier molecular flexibility index (Phi) is 6.02. The number of rotatable bonds is 6. The molecular weight excluding hydrogens is 417 g/mol. The molecule has 3 rings (SSSR count). The van der Waals surface area contributed by atoms with Crippen LogP contribution in [0.5, 0.6) is 11.5 Å². The minimum Gasteiger partial charge on any atom is -0.493 e. The summed E-state index contributed by atoms with van der Waals surface area (Å²) in [6.07, 6.45) is -3.49. The summed E-state index contributed by atoms with van der Waals surface area (Å²) in [6, 6.07) is 9.00. The molecule has 0 aliphatic rings. The van der Waals surface area contributed by atoms with Crippen LogP contribution in [0.2, 0.25) is 5.02 Å². The van der Waals surface area contributed by atoms with E-state index in [4.69, 9.17) is 16.3 Å². The number of benzene rings is 2. The molecule has 0 bridgehead atoms. The van der Waals surface area contributed by atoms with Gasteiger partial charge in [-0.25, -0.2) is 8.78 Å². The van der Waals surface area contributed by atoms with Crippen LogP contribution in [0, 0.1) is 11.6 Å². The van der Waals surface area contributed by atoms with Crippen LogP contribution in [0.3, 0.4) is 0 Å². The van der Waals surface area contributed by atoms with Gasteiger partial charge < -0.3 is 14.0 Å². The van der Waals surface area contributed by atoms with E-state index in [0.717, 1.165) is 12.1 Å². The molecule has 0 saturated carbocycles. The number of hydrogen-bond acceptors (Lipinski definition) is 2. The second kappa shape index (κ2) is 8.32. The number of nitrogens with zero attached hydrogens (tertiary/aromatic N) is 1. The Morgan fingerprint density at radius 3 is 2.41 bits per heavy atom. The third-order valence-corrected chi connectivity index (χ3v) is 4.18. The van der Waals surface area contributed by atoms with Gasteiger partial charge in [-0.05, 0) is 42.8 Å². The maximum atomic E-state index is 14.5. The first-order chi connectivity index (χ1) is 13.7. The van der Waals surface area contributed by atoms with E-state index in [1.807, 2.05) is 0 Å². The van der Waals surface area contributed by atoms with Crippen molar-refractivity contribution in [1.29, 1.82) is 0 Å². The van der Waals surface area contributed by atoms with Gasteiger partial charge in [0, 0.05) is 12.7 Å². The molecular formula is C20H15ClF5NO2. The first-order valence-electron chi connectivity index (χ1n) is 8.49. The van der Waals surface area contributed by atoms with Crippen molar-refractivity contribution in [3.05, 3.63) is 70.9 Å². The molecule has 0 atom stereocenters. The molecule has 1 aromatic heterocycles. The van der Waals surface area contributed by atoms with E-state index in [0.29, 0.717) is 28.6 Å². The van der Waals surface area contributed by atoms with Gasteiger partial charge in [-0.3, -0.25) is 0 Å². The second-order valence-electron chi connectivity index (χ2n) is 6.03. The molecule has 0 saturated heterocycles. The van der Waals surface area contributed by atoms with Crippen LogP contribution in [-0.4, -0.2) is 17.5 Å². The summed E-state index contributed by atoms with van der Waals surface area (Å²) in [4.78, 5) is 0. The quantitative estimate of drug-likeness (QED) is 0.420. The Hall–Kier alpha value is -2.74. The Morgan fingerprint density at radius 1 is 1.00 bits per heavy atom. The number of halogens is 6. The van der Waals surface area contributed by atoms with E-state index in [9.17, 15) is 22.0 Å². The monoisotopic (exact) mass is 431 g/mol. The lowest BCUT2D eigenvalue weighted by Crippen LogP contribution is -2.18. The molecule has 0 unspecified atom stereocenters. The van der Waals surface area contributed by atoms with Crippen molar-refractivity contribution in [1.82, 2.24) is 4.57 Å². The van der Waals surface area contributed by atoms with Crippen molar-refractivity contribution in [2.45, 2.75) is 19.8 Å². The van der Waals surface area contributed by atoms with Crippen molar-refractivity contribution in [2.24, 2.45) is 0 Å². The summed E-state index contributed by atoms with van der Waals surface area (Å²) in [5.41, 5.74) is 0.895. The van der Waals surface area contributed by atoms with Crippen LogP contribution in [0.25, 0.3) is 11.3 Å². The Bertz CT molecular complexity index is 1020. The minimum absolute atomic E-state index is 0.0329. The van der Waals surface area contributed by atoms with E-state index in [1.165, 1.54) is 30.5 Å². The molecule has 0 radical (unpaired) electrons. The fourth-order valence-corrected chi connectivity index (χ4v) is 3.11. The average Bonchev–Trinajstić information content (AvgIpc) is 2.96. The van der Waals surface area contributed by atoms with Gasteiger partial charge in [0.25, 0.3) is 0 Å². The van der Waals surface area contributed by atoms with Crippen LogP contribution in [0.4, 0.5) is 22.0 Å².